The summed E-state index contributed by atoms with van der Waals surface area (Å²) >= 11 is 0. The molecule has 0 radical (unpaired) electrons. The van der Waals surface area contributed by atoms with E-state index in [1.54, 1.807) is 0 Å². The molecule has 1 fully saturated rings. The topological polar surface area (TPSA) is 40.5 Å². The van der Waals surface area contributed by atoms with E-state index in [9.17, 15) is 4.79 Å². The number of hydrogen-bond donors (Lipinski definition) is 1. The van der Waals surface area contributed by atoms with Gasteiger partial charge in [0.2, 0.25) is 0 Å². The molecule has 1 N–H and O–H groups in total. The smallest absolute Gasteiger partial charge is 0.304 e. The highest BCUT2D eigenvalue weighted by Crippen LogP contribution is 2.33. The van der Waals surface area contributed by atoms with Crippen LogP contribution in [0, 0.1) is 5.41 Å². The molecule has 0 amide bonds. The van der Waals surface area contributed by atoms with Crippen molar-refractivity contribution in [2.24, 2.45) is 5.41 Å². The van der Waals surface area contributed by atoms with Crippen molar-refractivity contribution in [2.45, 2.75) is 39.5 Å². The lowest BCUT2D eigenvalue weighted by molar-refractivity contribution is -0.137. The van der Waals surface area contributed by atoms with Crippen LogP contribution in [0.15, 0.2) is 0 Å². The average molecular weight is 199 g/mol. The molecule has 1 aliphatic rings. The first-order chi connectivity index (χ1) is 6.56. The van der Waals surface area contributed by atoms with Crippen LogP contribution in [0.5, 0.6) is 0 Å². The summed E-state index contributed by atoms with van der Waals surface area (Å²) in [7, 11) is 0. The second kappa shape index (κ2) is 4.78. The van der Waals surface area contributed by atoms with Gasteiger partial charge >= 0.3 is 5.97 Å². The monoisotopic (exact) mass is 199 g/mol. The van der Waals surface area contributed by atoms with Crippen LogP contribution in [0.2, 0.25) is 0 Å². The summed E-state index contributed by atoms with van der Waals surface area (Å²) in [6, 6.07) is 0. The minimum absolute atomic E-state index is 0.281. The highest BCUT2D eigenvalue weighted by atomic mass is 16.4. The highest BCUT2D eigenvalue weighted by molar-refractivity contribution is 5.66. The number of nitrogens with zero attached hydrogens (tertiary/aromatic N) is 1. The molecule has 0 atom stereocenters. The molecule has 0 unspecified atom stereocenters. The van der Waals surface area contributed by atoms with Gasteiger partial charge in [0, 0.05) is 6.54 Å². The van der Waals surface area contributed by atoms with Gasteiger partial charge in [-0.25, -0.2) is 0 Å². The molecule has 0 aromatic rings. The lowest BCUT2D eigenvalue weighted by Gasteiger charge is -2.38. The Kier molecular flexibility index (Phi) is 3.93. The van der Waals surface area contributed by atoms with Crippen molar-refractivity contribution >= 4 is 5.97 Å². The lowest BCUT2D eigenvalue weighted by atomic mass is 9.78. The van der Waals surface area contributed by atoms with Crippen molar-refractivity contribution in [1.82, 2.24) is 4.90 Å². The van der Waals surface area contributed by atoms with Gasteiger partial charge in [0.25, 0.3) is 0 Å². The summed E-state index contributed by atoms with van der Waals surface area (Å²) < 4.78 is 0. The summed E-state index contributed by atoms with van der Waals surface area (Å²) in [6.07, 6.45) is 3.94. The van der Waals surface area contributed by atoms with Crippen LogP contribution >= 0.6 is 0 Å². The molecule has 0 aromatic heterocycles. The Labute approximate surface area is 86.1 Å². The van der Waals surface area contributed by atoms with E-state index in [0.717, 1.165) is 19.6 Å². The van der Waals surface area contributed by atoms with Gasteiger partial charge in [-0.2, -0.15) is 0 Å². The van der Waals surface area contributed by atoms with Gasteiger partial charge in [0.05, 0.1) is 6.42 Å². The number of rotatable bonds is 4. The molecular weight excluding hydrogens is 178 g/mol. The van der Waals surface area contributed by atoms with E-state index in [1.807, 2.05) is 0 Å². The Bertz CT molecular complexity index is 195. The zero-order chi connectivity index (χ0) is 10.6. The van der Waals surface area contributed by atoms with Crippen molar-refractivity contribution in [1.29, 1.82) is 0 Å². The van der Waals surface area contributed by atoms with E-state index < -0.39 is 5.97 Å². The summed E-state index contributed by atoms with van der Waals surface area (Å²) in [4.78, 5) is 12.7. The zero-order valence-electron chi connectivity index (χ0n) is 9.25. The molecule has 3 heteroatoms. The molecule has 3 nitrogen and oxygen atoms in total. The van der Waals surface area contributed by atoms with Crippen LogP contribution in [-0.2, 0) is 4.79 Å². The summed E-state index contributed by atoms with van der Waals surface area (Å²) in [5, 5.41) is 8.57. The fourth-order valence-electron chi connectivity index (χ4n) is 1.92. The van der Waals surface area contributed by atoms with Crippen LogP contribution in [-0.4, -0.2) is 35.6 Å². The average Bonchev–Trinajstić information content (AvgIpc) is 2.17. The standard InChI is InChI=1S/C11H21NO2/c1-3-11(2)5-8-12(9-6-11)7-4-10(13)14/h3-9H2,1-2H3,(H,13,14). The second-order valence-corrected chi connectivity index (χ2v) is 4.65. The van der Waals surface area contributed by atoms with Crippen molar-refractivity contribution in [3.63, 3.8) is 0 Å². The Hall–Kier alpha value is -0.570. The number of hydrogen-bond acceptors (Lipinski definition) is 2. The lowest BCUT2D eigenvalue weighted by Crippen LogP contribution is -2.39. The van der Waals surface area contributed by atoms with E-state index in [2.05, 4.69) is 18.7 Å². The number of piperidine rings is 1. The Morgan fingerprint density at radius 1 is 1.43 bits per heavy atom. The van der Waals surface area contributed by atoms with Gasteiger partial charge in [0.1, 0.15) is 0 Å². The number of carboxylic acid groups (broad SMARTS) is 1. The maximum Gasteiger partial charge on any atom is 0.304 e. The van der Waals surface area contributed by atoms with E-state index in [1.165, 1.54) is 19.3 Å². The van der Waals surface area contributed by atoms with Gasteiger partial charge in [-0.05, 0) is 31.3 Å². The van der Waals surface area contributed by atoms with Crippen LogP contribution in [0.3, 0.4) is 0 Å². The van der Waals surface area contributed by atoms with E-state index in [-0.39, 0.29) is 6.42 Å². The summed E-state index contributed by atoms with van der Waals surface area (Å²) in [5.41, 5.74) is 0.500. The molecule has 0 aliphatic carbocycles. The maximum atomic E-state index is 10.4. The van der Waals surface area contributed by atoms with Crippen LogP contribution in [0.1, 0.15) is 39.5 Å². The van der Waals surface area contributed by atoms with Crippen molar-refractivity contribution in [2.75, 3.05) is 19.6 Å². The van der Waals surface area contributed by atoms with E-state index in [0.29, 0.717) is 5.41 Å². The molecule has 1 heterocycles. The van der Waals surface area contributed by atoms with Gasteiger partial charge in [0.15, 0.2) is 0 Å². The minimum Gasteiger partial charge on any atom is -0.481 e. The normalized spacial score (nSPS) is 22.1. The first-order valence-electron chi connectivity index (χ1n) is 5.50. The molecular formula is C11H21NO2. The number of carboxylic acids is 1. The third-order valence-corrected chi connectivity index (χ3v) is 3.56. The minimum atomic E-state index is -0.686. The third kappa shape index (κ3) is 3.29. The molecule has 1 rings (SSSR count). The van der Waals surface area contributed by atoms with E-state index >= 15 is 0 Å². The van der Waals surface area contributed by atoms with Crippen LogP contribution in [0.25, 0.3) is 0 Å². The zero-order valence-corrected chi connectivity index (χ0v) is 9.25. The quantitative estimate of drug-likeness (QED) is 0.752. The molecule has 0 aromatic carbocycles. The summed E-state index contributed by atoms with van der Waals surface area (Å²) in [6.45, 7) is 7.43. The Morgan fingerprint density at radius 2 is 2.00 bits per heavy atom. The number of likely N-dealkylation sites (tertiary alicyclic amines) is 1. The molecule has 1 saturated heterocycles. The number of aliphatic carboxylic acids is 1. The fourth-order valence-corrected chi connectivity index (χ4v) is 1.92. The van der Waals surface area contributed by atoms with Gasteiger partial charge in [-0.15, -0.1) is 0 Å². The fraction of sp³-hybridized carbons (Fsp3) is 0.909. The molecule has 1 aliphatic heterocycles. The van der Waals surface area contributed by atoms with Gasteiger partial charge < -0.3 is 10.0 Å². The third-order valence-electron chi connectivity index (χ3n) is 3.56. The molecule has 0 spiro atoms. The summed E-state index contributed by atoms with van der Waals surface area (Å²) in [5.74, 6) is -0.686. The molecule has 14 heavy (non-hydrogen) atoms. The first-order valence-corrected chi connectivity index (χ1v) is 5.50. The highest BCUT2D eigenvalue weighted by Gasteiger charge is 2.27. The maximum absolute atomic E-state index is 10.4. The van der Waals surface area contributed by atoms with E-state index in [4.69, 9.17) is 5.11 Å². The van der Waals surface area contributed by atoms with Crippen LogP contribution in [0.4, 0.5) is 0 Å². The van der Waals surface area contributed by atoms with Gasteiger partial charge in [-0.1, -0.05) is 20.3 Å². The Morgan fingerprint density at radius 3 is 2.43 bits per heavy atom. The van der Waals surface area contributed by atoms with Gasteiger partial charge in [-0.3, -0.25) is 4.79 Å². The van der Waals surface area contributed by atoms with Crippen molar-refractivity contribution in [3.05, 3.63) is 0 Å². The first kappa shape index (κ1) is 11.5. The molecule has 82 valence electrons. The molecule has 0 bridgehead atoms. The number of carbonyl (C=O) groups is 1. The Balaban J connectivity index is 2.25. The SMILES string of the molecule is CCC1(C)CCN(CCC(=O)O)CC1. The predicted molar refractivity (Wildman–Crippen MR) is 56.3 cm³/mol. The van der Waals surface area contributed by atoms with Crippen molar-refractivity contribution < 1.29 is 9.90 Å². The largest absolute Gasteiger partial charge is 0.481 e. The predicted octanol–water partition coefficient (Wildman–Crippen LogP) is 1.97. The second-order valence-electron chi connectivity index (χ2n) is 4.65. The van der Waals surface area contributed by atoms with Crippen LogP contribution < -0.4 is 0 Å². The van der Waals surface area contributed by atoms with Crippen molar-refractivity contribution in [3.8, 4) is 0 Å². The molecule has 0 saturated carbocycles.